The number of hydrogen-bond acceptors (Lipinski definition) is 0. The normalized spacial score (nSPS) is 11.1. The van der Waals surface area contributed by atoms with Crippen molar-refractivity contribution in [2.24, 2.45) is 0 Å². The van der Waals surface area contributed by atoms with Gasteiger partial charge in [0, 0.05) is 0 Å². The van der Waals surface area contributed by atoms with Crippen LogP contribution in [-0.4, -0.2) is 26.3 Å². The van der Waals surface area contributed by atoms with E-state index in [1.807, 2.05) is 0 Å². The molecule has 0 amide bonds. The summed E-state index contributed by atoms with van der Waals surface area (Å²) in [6.07, 6.45) is 0. The summed E-state index contributed by atoms with van der Waals surface area (Å²) in [7, 11) is 0. The molecule has 0 nitrogen and oxygen atoms in total. The van der Waals surface area contributed by atoms with Gasteiger partial charge >= 0.3 is 95.9 Å². The first-order chi connectivity index (χ1) is 6.88. The Balaban J connectivity index is 2.30. The van der Waals surface area contributed by atoms with Crippen LogP contribution >= 0.6 is 0 Å². The Morgan fingerprint density at radius 1 is 0.643 bits per heavy atom. The monoisotopic (exact) mass is 316 g/mol. The van der Waals surface area contributed by atoms with Gasteiger partial charge in [0.25, 0.3) is 0 Å². The zero-order valence-corrected chi connectivity index (χ0v) is 11.4. The van der Waals surface area contributed by atoms with E-state index in [4.69, 9.17) is 0 Å². The Kier molecular flexibility index (Phi) is 3.44. The molecule has 0 bridgehead atoms. The summed E-state index contributed by atoms with van der Waals surface area (Å²) < 4.78 is 2.98. The number of hydrogen-bond donors (Lipinski definition) is 0. The fourth-order valence-corrected chi connectivity index (χ4v) is 6.73. The van der Waals surface area contributed by atoms with Crippen molar-refractivity contribution < 1.29 is 0 Å². The van der Waals surface area contributed by atoms with Gasteiger partial charge in [0.15, 0.2) is 0 Å². The van der Waals surface area contributed by atoms with Gasteiger partial charge in [0.05, 0.1) is 0 Å². The van der Waals surface area contributed by atoms with Gasteiger partial charge in [-0.05, 0) is 0 Å². The molecule has 2 aromatic carbocycles. The summed E-state index contributed by atoms with van der Waals surface area (Å²) in [4.78, 5) is 0. The molecular formula is C12H12Se2. The van der Waals surface area contributed by atoms with Crippen LogP contribution in [0.4, 0.5) is 0 Å². The first-order valence-corrected chi connectivity index (χ1v) is 11.5. The van der Waals surface area contributed by atoms with E-state index in [0.717, 1.165) is 0 Å². The molecule has 14 heavy (non-hydrogen) atoms. The van der Waals surface area contributed by atoms with Crippen molar-refractivity contribution in [1.29, 1.82) is 0 Å². The molecule has 0 saturated heterocycles. The molecule has 0 fully saturated rings. The van der Waals surface area contributed by atoms with E-state index in [0.29, 0.717) is 0 Å². The standard InChI is InChI=1S/C12H12Se2/c13-14(11-7-3-1-4-8-11)12-9-5-2-6-10-12/h1-10,13-14H. The Morgan fingerprint density at radius 2 is 1.00 bits per heavy atom. The fraction of sp³-hybridized carbons (Fsp3) is 0. The molecule has 0 aromatic heterocycles. The molecule has 0 radical (unpaired) electrons. The summed E-state index contributed by atoms with van der Waals surface area (Å²) >= 11 is 1.82. The van der Waals surface area contributed by atoms with Crippen molar-refractivity contribution in [3.63, 3.8) is 0 Å². The Hall–Kier alpha value is -0.521. The quantitative estimate of drug-likeness (QED) is 0.705. The second kappa shape index (κ2) is 4.82. The maximum absolute atomic E-state index is 2.87. The molecule has 0 N–H and O–H groups in total. The van der Waals surface area contributed by atoms with Crippen LogP contribution in [0.15, 0.2) is 60.7 Å². The molecule has 0 atom stereocenters. The third-order valence-corrected chi connectivity index (χ3v) is 10.3. The molecule has 0 saturated carbocycles. The van der Waals surface area contributed by atoms with Gasteiger partial charge in [0.1, 0.15) is 0 Å². The van der Waals surface area contributed by atoms with Gasteiger partial charge in [-0.15, -0.1) is 0 Å². The predicted octanol–water partition coefficient (Wildman–Crippen LogP) is 0.425. The molecule has 2 aromatic rings. The van der Waals surface area contributed by atoms with Gasteiger partial charge in [0.2, 0.25) is 0 Å². The van der Waals surface area contributed by atoms with Crippen molar-refractivity contribution in [2.75, 3.05) is 0 Å². The van der Waals surface area contributed by atoms with Crippen LogP contribution in [-0.2, 0) is 0 Å². The number of benzene rings is 2. The Labute approximate surface area is 95.6 Å². The Morgan fingerprint density at radius 3 is 1.36 bits per heavy atom. The zero-order valence-electron chi connectivity index (χ0n) is 7.67. The minimum atomic E-state index is -1.05. The van der Waals surface area contributed by atoms with Crippen LogP contribution in [0.5, 0.6) is 0 Å². The third kappa shape index (κ3) is 2.29. The fourth-order valence-electron chi connectivity index (χ4n) is 1.29. The zero-order chi connectivity index (χ0) is 9.80. The molecule has 0 aliphatic rings. The topological polar surface area (TPSA) is 0 Å². The SMILES string of the molecule is [SeH][SeH](c1ccccc1)c1ccccc1. The van der Waals surface area contributed by atoms with Gasteiger partial charge in [-0.2, -0.15) is 0 Å². The Bertz CT molecular complexity index is 344. The molecule has 2 heteroatoms. The summed E-state index contributed by atoms with van der Waals surface area (Å²) in [6, 6.07) is 21.5. The molecule has 2 rings (SSSR count). The maximum atomic E-state index is 2.87. The summed E-state index contributed by atoms with van der Waals surface area (Å²) in [5.74, 6) is 0. The van der Waals surface area contributed by atoms with Crippen LogP contribution in [0.25, 0.3) is 0 Å². The van der Waals surface area contributed by atoms with E-state index < -0.39 is 12.1 Å². The molecule has 72 valence electrons. The molecule has 0 heterocycles. The number of rotatable bonds is 2. The molecular weight excluding hydrogens is 302 g/mol. The minimum absolute atomic E-state index is 1.05. The van der Waals surface area contributed by atoms with E-state index >= 15 is 0 Å². The van der Waals surface area contributed by atoms with E-state index in [9.17, 15) is 0 Å². The average Bonchev–Trinajstić information content (AvgIpc) is 2.30. The second-order valence-electron chi connectivity index (χ2n) is 2.98. The van der Waals surface area contributed by atoms with Crippen LogP contribution in [0.2, 0.25) is 0 Å². The van der Waals surface area contributed by atoms with Crippen molar-refractivity contribution in [2.45, 2.75) is 0 Å². The van der Waals surface area contributed by atoms with Gasteiger partial charge in [-0.1, -0.05) is 0 Å². The van der Waals surface area contributed by atoms with E-state index in [2.05, 4.69) is 74.9 Å². The predicted molar refractivity (Wildman–Crippen MR) is 66.5 cm³/mol. The van der Waals surface area contributed by atoms with Crippen molar-refractivity contribution in [3.8, 4) is 0 Å². The van der Waals surface area contributed by atoms with Crippen LogP contribution in [0.1, 0.15) is 0 Å². The second-order valence-corrected chi connectivity index (χ2v) is 10.8. The molecule has 0 unspecified atom stereocenters. The van der Waals surface area contributed by atoms with Crippen LogP contribution < -0.4 is 8.92 Å². The van der Waals surface area contributed by atoms with E-state index in [1.54, 1.807) is 0 Å². The van der Waals surface area contributed by atoms with Gasteiger partial charge in [-0.25, -0.2) is 0 Å². The van der Waals surface area contributed by atoms with E-state index in [-0.39, 0.29) is 0 Å². The first kappa shape index (κ1) is 10.0. The van der Waals surface area contributed by atoms with Crippen molar-refractivity contribution in [3.05, 3.63) is 60.7 Å². The molecule has 0 aliphatic carbocycles. The summed E-state index contributed by atoms with van der Waals surface area (Å²) in [5.41, 5.74) is 0. The van der Waals surface area contributed by atoms with Crippen LogP contribution in [0, 0.1) is 0 Å². The summed E-state index contributed by atoms with van der Waals surface area (Å²) in [6.45, 7) is 0. The third-order valence-electron chi connectivity index (χ3n) is 2.00. The van der Waals surface area contributed by atoms with Crippen molar-refractivity contribution in [1.82, 2.24) is 0 Å². The molecule has 0 aliphatic heterocycles. The summed E-state index contributed by atoms with van der Waals surface area (Å²) in [5, 5.41) is 0. The van der Waals surface area contributed by atoms with Gasteiger partial charge in [-0.3, -0.25) is 0 Å². The van der Waals surface area contributed by atoms with Crippen LogP contribution in [0.3, 0.4) is 0 Å². The van der Waals surface area contributed by atoms with Crippen molar-refractivity contribution >= 4 is 35.2 Å². The molecule has 0 spiro atoms. The first-order valence-electron chi connectivity index (χ1n) is 4.47. The van der Waals surface area contributed by atoms with Gasteiger partial charge < -0.3 is 0 Å². The average molecular weight is 314 g/mol. The van der Waals surface area contributed by atoms with E-state index in [1.165, 1.54) is 8.92 Å².